The Labute approximate surface area is 84.1 Å². The summed E-state index contributed by atoms with van der Waals surface area (Å²) in [6.07, 6.45) is 0.676. The molecule has 2 rings (SSSR count). The summed E-state index contributed by atoms with van der Waals surface area (Å²) in [6, 6.07) is 5.16. The van der Waals surface area contributed by atoms with E-state index < -0.39 is 0 Å². The number of carbonyl (C=O) groups is 1. The molecule has 0 radical (unpaired) electrons. The maximum absolute atomic E-state index is 11.4. The molecule has 4 nitrogen and oxygen atoms in total. The van der Waals surface area contributed by atoms with Crippen LogP contribution >= 0.6 is 11.6 Å². The van der Waals surface area contributed by atoms with Crippen molar-refractivity contribution in [3.05, 3.63) is 33.7 Å². The monoisotopic (exact) mass is 210 g/mol. The van der Waals surface area contributed by atoms with Crippen molar-refractivity contribution in [2.24, 2.45) is 0 Å². The molecule has 0 bridgehead atoms. The highest BCUT2D eigenvalue weighted by molar-refractivity contribution is 6.34. The van der Waals surface area contributed by atoms with E-state index in [1.54, 1.807) is 18.2 Å². The second kappa shape index (κ2) is 3.31. The number of aromatic amines is 1. The lowest BCUT2D eigenvalue weighted by Gasteiger charge is -1.96. The molecule has 5 heteroatoms. The van der Waals surface area contributed by atoms with E-state index in [2.05, 4.69) is 4.98 Å². The Kier molecular flexibility index (Phi) is 2.13. The summed E-state index contributed by atoms with van der Waals surface area (Å²) in [5, 5.41) is 0.476. The van der Waals surface area contributed by atoms with Crippen LogP contribution in [0.2, 0.25) is 5.02 Å². The Morgan fingerprint density at radius 1 is 1.50 bits per heavy atom. The first-order valence-corrected chi connectivity index (χ1v) is 4.42. The van der Waals surface area contributed by atoms with Gasteiger partial charge in [0.1, 0.15) is 6.29 Å². The second-order valence-electron chi connectivity index (χ2n) is 2.84. The van der Waals surface area contributed by atoms with Gasteiger partial charge in [-0.15, -0.1) is 0 Å². The summed E-state index contributed by atoms with van der Waals surface area (Å²) in [6.45, 7) is 0.0408. The number of rotatable bonds is 2. The van der Waals surface area contributed by atoms with E-state index in [4.69, 9.17) is 11.6 Å². The van der Waals surface area contributed by atoms with Crippen molar-refractivity contribution >= 4 is 28.9 Å². The number of carbonyl (C=O) groups excluding carboxylic acids is 1. The minimum absolute atomic E-state index is 0.0408. The lowest BCUT2D eigenvalue weighted by molar-refractivity contribution is -0.108. The van der Waals surface area contributed by atoms with Gasteiger partial charge in [-0.25, -0.2) is 4.79 Å². The van der Waals surface area contributed by atoms with Gasteiger partial charge in [-0.05, 0) is 12.1 Å². The summed E-state index contributed by atoms with van der Waals surface area (Å²) in [5.41, 5.74) is 0.899. The van der Waals surface area contributed by atoms with Gasteiger partial charge in [0.25, 0.3) is 0 Å². The number of aromatic nitrogens is 2. The fourth-order valence-corrected chi connectivity index (χ4v) is 1.62. The first-order valence-electron chi connectivity index (χ1n) is 4.04. The van der Waals surface area contributed by atoms with E-state index in [0.717, 1.165) is 0 Å². The number of H-pyrrole nitrogens is 1. The van der Waals surface area contributed by atoms with Crippen LogP contribution in [0.1, 0.15) is 0 Å². The first kappa shape index (κ1) is 9.02. The van der Waals surface area contributed by atoms with Gasteiger partial charge >= 0.3 is 5.69 Å². The Morgan fingerprint density at radius 2 is 2.29 bits per heavy atom. The van der Waals surface area contributed by atoms with Crippen LogP contribution in [0.3, 0.4) is 0 Å². The molecule has 1 aromatic heterocycles. The molecule has 0 saturated carbocycles. The van der Waals surface area contributed by atoms with Gasteiger partial charge in [0.05, 0.1) is 22.6 Å². The second-order valence-corrected chi connectivity index (χ2v) is 3.25. The number of nitrogens with zero attached hydrogens (tertiary/aromatic N) is 1. The maximum Gasteiger partial charge on any atom is 0.326 e. The van der Waals surface area contributed by atoms with E-state index in [9.17, 15) is 9.59 Å². The van der Waals surface area contributed by atoms with Crippen LogP contribution in [0.25, 0.3) is 11.0 Å². The highest BCUT2D eigenvalue weighted by Gasteiger charge is 2.07. The Morgan fingerprint density at radius 3 is 3.00 bits per heavy atom. The molecule has 0 aliphatic carbocycles. The minimum atomic E-state index is -0.319. The largest absolute Gasteiger partial charge is 0.326 e. The molecule has 1 aromatic carbocycles. The zero-order valence-corrected chi connectivity index (χ0v) is 7.91. The molecule has 2 aromatic rings. The molecule has 0 amide bonds. The molecule has 0 fully saturated rings. The number of nitrogens with one attached hydrogen (secondary N) is 1. The molecule has 0 spiro atoms. The number of benzene rings is 1. The summed E-state index contributed by atoms with van der Waals surface area (Å²) >= 11 is 5.87. The van der Waals surface area contributed by atoms with Crippen molar-refractivity contribution < 1.29 is 4.79 Å². The van der Waals surface area contributed by atoms with Gasteiger partial charge in [0.2, 0.25) is 0 Å². The lowest BCUT2D eigenvalue weighted by atomic mass is 10.3. The number of aldehydes is 1. The SMILES string of the molecule is O=CCn1c(=O)[nH]c2c(Cl)cccc21. The standard InChI is InChI=1S/C9H7ClN2O2/c10-6-2-1-3-7-8(6)11-9(14)12(7)4-5-13/h1-3,5H,4H2,(H,11,14). The first-order chi connectivity index (χ1) is 6.74. The molecular weight excluding hydrogens is 204 g/mol. The molecule has 72 valence electrons. The van der Waals surface area contributed by atoms with Crippen molar-refractivity contribution in [2.45, 2.75) is 6.54 Å². The van der Waals surface area contributed by atoms with Crippen molar-refractivity contribution in [2.75, 3.05) is 0 Å². The third-order valence-electron chi connectivity index (χ3n) is 2.02. The summed E-state index contributed by atoms with van der Waals surface area (Å²) < 4.78 is 1.34. The molecule has 0 aliphatic heterocycles. The van der Waals surface area contributed by atoms with Crippen LogP contribution in [0.5, 0.6) is 0 Å². The maximum atomic E-state index is 11.4. The van der Waals surface area contributed by atoms with Crippen molar-refractivity contribution in [3.63, 3.8) is 0 Å². The summed E-state index contributed by atoms with van der Waals surface area (Å²) in [5.74, 6) is 0. The number of imidazole rings is 1. The minimum Gasteiger partial charge on any atom is -0.304 e. The van der Waals surface area contributed by atoms with Crippen LogP contribution in [0.4, 0.5) is 0 Å². The molecule has 0 atom stereocenters. The third-order valence-corrected chi connectivity index (χ3v) is 2.33. The van der Waals surface area contributed by atoms with Crippen LogP contribution in [-0.4, -0.2) is 15.8 Å². The van der Waals surface area contributed by atoms with E-state index in [0.29, 0.717) is 22.3 Å². The van der Waals surface area contributed by atoms with E-state index in [-0.39, 0.29) is 12.2 Å². The van der Waals surface area contributed by atoms with Crippen molar-refractivity contribution in [1.82, 2.24) is 9.55 Å². The summed E-state index contributed by atoms with van der Waals surface area (Å²) in [7, 11) is 0. The van der Waals surface area contributed by atoms with E-state index in [1.807, 2.05) is 0 Å². The Hall–Kier alpha value is -1.55. The van der Waals surface area contributed by atoms with E-state index in [1.165, 1.54) is 4.57 Å². The number of hydrogen-bond donors (Lipinski definition) is 1. The van der Waals surface area contributed by atoms with E-state index >= 15 is 0 Å². The summed E-state index contributed by atoms with van der Waals surface area (Å²) in [4.78, 5) is 24.3. The fourth-order valence-electron chi connectivity index (χ4n) is 1.40. The third kappa shape index (κ3) is 1.24. The van der Waals surface area contributed by atoms with Crippen molar-refractivity contribution in [3.8, 4) is 0 Å². The molecule has 1 N–H and O–H groups in total. The predicted octanol–water partition coefficient (Wildman–Crippen LogP) is 1.18. The van der Waals surface area contributed by atoms with Gasteiger partial charge in [0.15, 0.2) is 0 Å². The van der Waals surface area contributed by atoms with Gasteiger partial charge in [-0.2, -0.15) is 0 Å². The van der Waals surface area contributed by atoms with Crippen LogP contribution in [0.15, 0.2) is 23.0 Å². The van der Waals surface area contributed by atoms with Gasteiger partial charge < -0.3 is 9.78 Å². The molecule has 1 heterocycles. The van der Waals surface area contributed by atoms with Crippen LogP contribution in [-0.2, 0) is 11.3 Å². The van der Waals surface area contributed by atoms with Gasteiger partial charge in [0, 0.05) is 0 Å². The molecular formula is C9H7ClN2O2. The molecule has 14 heavy (non-hydrogen) atoms. The Balaban J connectivity index is 2.83. The number of halogens is 1. The quantitative estimate of drug-likeness (QED) is 0.757. The number of fused-ring (bicyclic) bond motifs is 1. The molecule has 0 aliphatic rings. The van der Waals surface area contributed by atoms with Crippen LogP contribution in [0, 0.1) is 0 Å². The Bertz CT molecular complexity index is 541. The molecule has 0 saturated heterocycles. The lowest BCUT2D eigenvalue weighted by Crippen LogP contribution is -2.17. The normalized spacial score (nSPS) is 10.6. The number of para-hydroxylation sites is 1. The highest BCUT2D eigenvalue weighted by Crippen LogP contribution is 2.19. The smallest absolute Gasteiger partial charge is 0.304 e. The molecule has 0 unspecified atom stereocenters. The van der Waals surface area contributed by atoms with Gasteiger partial charge in [-0.1, -0.05) is 17.7 Å². The predicted molar refractivity (Wildman–Crippen MR) is 53.6 cm³/mol. The zero-order valence-electron chi connectivity index (χ0n) is 7.16. The topological polar surface area (TPSA) is 54.9 Å². The average Bonchev–Trinajstić information content (AvgIpc) is 2.47. The van der Waals surface area contributed by atoms with Crippen molar-refractivity contribution in [1.29, 1.82) is 0 Å². The average molecular weight is 211 g/mol. The fraction of sp³-hybridized carbons (Fsp3) is 0.111. The van der Waals surface area contributed by atoms with Gasteiger partial charge in [-0.3, -0.25) is 4.57 Å². The number of hydrogen-bond acceptors (Lipinski definition) is 2. The highest BCUT2D eigenvalue weighted by atomic mass is 35.5. The van der Waals surface area contributed by atoms with Crippen LogP contribution < -0.4 is 5.69 Å². The zero-order chi connectivity index (χ0) is 10.1.